The molecule has 3 nitrogen and oxygen atoms in total. The highest BCUT2D eigenvalue weighted by Crippen LogP contribution is 2.30. The quantitative estimate of drug-likeness (QED) is 0.653. The summed E-state index contributed by atoms with van der Waals surface area (Å²) in [5, 5.41) is 2.86. The first kappa shape index (κ1) is 13.9. The molecule has 2 aromatic rings. The number of rotatable bonds is 2. The van der Waals surface area contributed by atoms with Gasteiger partial charge in [-0.05, 0) is 35.9 Å². The van der Waals surface area contributed by atoms with Gasteiger partial charge in [0.05, 0.1) is 5.56 Å². The van der Waals surface area contributed by atoms with E-state index in [1.807, 2.05) is 0 Å². The van der Waals surface area contributed by atoms with E-state index in [9.17, 15) is 13.2 Å². The SMILES string of the molecule is FC(F)(F)c1ccc(Nc2cc(Cl)nc(Cl)n2)cc1. The molecular weight excluding hydrogens is 302 g/mol. The molecule has 0 spiro atoms. The van der Waals surface area contributed by atoms with E-state index in [2.05, 4.69) is 15.3 Å². The van der Waals surface area contributed by atoms with Gasteiger partial charge < -0.3 is 5.32 Å². The van der Waals surface area contributed by atoms with Crippen molar-refractivity contribution in [3.63, 3.8) is 0 Å². The minimum absolute atomic E-state index is 0.0538. The molecule has 0 bridgehead atoms. The van der Waals surface area contributed by atoms with Crippen LogP contribution in [0.3, 0.4) is 0 Å². The van der Waals surface area contributed by atoms with Crippen molar-refractivity contribution in [1.82, 2.24) is 9.97 Å². The van der Waals surface area contributed by atoms with Crippen molar-refractivity contribution < 1.29 is 13.2 Å². The summed E-state index contributed by atoms with van der Waals surface area (Å²) in [5.41, 5.74) is -0.296. The standard InChI is InChI=1S/C11H6Cl2F3N3/c12-8-5-9(19-10(13)18-8)17-7-3-1-6(2-4-7)11(14,15)16/h1-5H,(H,17,18,19). The Balaban J connectivity index is 2.20. The second-order valence-electron chi connectivity index (χ2n) is 3.55. The maximum atomic E-state index is 12.4. The summed E-state index contributed by atoms with van der Waals surface area (Å²) in [7, 11) is 0. The number of hydrogen-bond acceptors (Lipinski definition) is 3. The first-order valence-corrected chi connectivity index (χ1v) is 5.74. The summed E-state index contributed by atoms with van der Waals surface area (Å²) in [6.45, 7) is 0. The summed E-state index contributed by atoms with van der Waals surface area (Å²) in [4.78, 5) is 7.49. The molecule has 1 aromatic heterocycles. The molecule has 1 N–H and O–H groups in total. The van der Waals surface area contributed by atoms with E-state index in [0.29, 0.717) is 11.5 Å². The summed E-state index contributed by atoms with van der Waals surface area (Å²) >= 11 is 11.3. The highest BCUT2D eigenvalue weighted by molar-refractivity contribution is 6.32. The number of aromatic nitrogens is 2. The minimum atomic E-state index is -4.36. The van der Waals surface area contributed by atoms with Crippen LogP contribution in [0, 0.1) is 0 Å². The number of hydrogen-bond donors (Lipinski definition) is 1. The lowest BCUT2D eigenvalue weighted by Crippen LogP contribution is -2.04. The average Bonchev–Trinajstić information content (AvgIpc) is 2.26. The average molecular weight is 308 g/mol. The normalized spacial score (nSPS) is 11.4. The van der Waals surface area contributed by atoms with Gasteiger partial charge in [0.15, 0.2) is 0 Å². The van der Waals surface area contributed by atoms with Crippen LogP contribution in [0.5, 0.6) is 0 Å². The fraction of sp³-hybridized carbons (Fsp3) is 0.0909. The van der Waals surface area contributed by atoms with Crippen molar-refractivity contribution >= 4 is 34.7 Å². The molecule has 1 heterocycles. The summed E-state index contributed by atoms with van der Waals surface area (Å²) in [5.74, 6) is 0.296. The lowest BCUT2D eigenvalue weighted by molar-refractivity contribution is -0.137. The Labute approximate surface area is 116 Å². The fourth-order valence-corrected chi connectivity index (χ4v) is 1.75. The van der Waals surface area contributed by atoms with Crippen LogP contribution >= 0.6 is 23.2 Å². The van der Waals surface area contributed by atoms with Crippen LogP contribution in [0.4, 0.5) is 24.7 Å². The first-order valence-electron chi connectivity index (χ1n) is 4.99. The molecule has 0 amide bonds. The third-order valence-electron chi connectivity index (χ3n) is 2.15. The maximum absolute atomic E-state index is 12.4. The summed E-state index contributed by atoms with van der Waals surface area (Å²) < 4.78 is 37.1. The molecule has 0 aliphatic heterocycles. The lowest BCUT2D eigenvalue weighted by atomic mass is 10.2. The molecule has 0 radical (unpaired) electrons. The van der Waals surface area contributed by atoms with E-state index >= 15 is 0 Å². The van der Waals surface area contributed by atoms with E-state index in [0.717, 1.165) is 12.1 Å². The van der Waals surface area contributed by atoms with Crippen LogP contribution in [0.1, 0.15) is 5.56 Å². The summed E-state index contributed by atoms with van der Waals surface area (Å²) in [6, 6.07) is 5.91. The Hall–Kier alpha value is -1.53. The van der Waals surface area contributed by atoms with Gasteiger partial charge in [-0.15, -0.1) is 0 Å². The van der Waals surface area contributed by atoms with Gasteiger partial charge in [0.25, 0.3) is 0 Å². The van der Waals surface area contributed by atoms with Gasteiger partial charge in [-0.3, -0.25) is 0 Å². The van der Waals surface area contributed by atoms with E-state index in [1.165, 1.54) is 18.2 Å². The van der Waals surface area contributed by atoms with Gasteiger partial charge >= 0.3 is 6.18 Å². The van der Waals surface area contributed by atoms with Crippen LogP contribution in [-0.2, 0) is 6.18 Å². The number of nitrogens with one attached hydrogen (secondary N) is 1. The van der Waals surface area contributed by atoms with Gasteiger partial charge in [0, 0.05) is 11.8 Å². The van der Waals surface area contributed by atoms with Crippen molar-refractivity contribution in [2.24, 2.45) is 0 Å². The topological polar surface area (TPSA) is 37.8 Å². The van der Waals surface area contributed by atoms with Crippen molar-refractivity contribution in [3.8, 4) is 0 Å². The van der Waals surface area contributed by atoms with Gasteiger partial charge in [-0.25, -0.2) is 9.97 Å². The van der Waals surface area contributed by atoms with E-state index < -0.39 is 11.7 Å². The van der Waals surface area contributed by atoms with Crippen molar-refractivity contribution in [1.29, 1.82) is 0 Å². The summed E-state index contributed by atoms with van der Waals surface area (Å²) in [6.07, 6.45) is -4.36. The molecule has 0 atom stereocenters. The zero-order valence-corrected chi connectivity index (χ0v) is 10.7. The molecule has 0 aliphatic rings. The Bertz CT molecular complexity index is 564. The van der Waals surface area contributed by atoms with Crippen molar-refractivity contribution in [2.75, 3.05) is 5.32 Å². The molecular formula is C11H6Cl2F3N3. The number of benzene rings is 1. The fourth-order valence-electron chi connectivity index (χ4n) is 1.34. The van der Waals surface area contributed by atoms with E-state index in [4.69, 9.17) is 23.2 Å². The monoisotopic (exact) mass is 307 g/mol. The molecule has 0 unspecified atom stereocenters. The molecule has 8 heteroatoms. The number of halogens is 5. The number of anilines is 2. The Morgan fingerprint density at radius 2 is 1.63 bits per heavy atom. The molecule has 1 aromatic carbocycles. The Morgan fingerprint density at radius 3 is 2.16 bits per heavy atom. The van der Waals surface area contributed by atoms with Gasteiger partial charge in [0.2, 0.25) is 5.28 Å². The molecule has 2 rings (SSSR count). The number of nitrogens with zero attached hydrogens (tertiary/aromatic N) is 2. The molecule has 100 valence electrons. The highest BCUT2D eigenvalue weighted by Gasteiger charge is 2.29. The molecule has 0 aliphatic carbocycles. The van der Waals surface area contributed by atoms with Crippen molar-refractivity contribution in [3.05, 3.63) is 46.3 Å². The van der Waals surface area contributed by atoms with Crippen LogP contribution in [0.2, 0.25) is 10.4 Å². The van der Waals surface area contributed by atoms with Gasteiger partial charge in [-0.2, -0.15) is 13.2 Å². The van der Waals surface area contributed by atoms with Crippen LogP contribution in [0.15, 0.2) is 30.3 Å². The van der Waals surface area contributed by atoms with Crippen LogP contribution in [0.25, 0.3) is 0 Å². The molecule has 0 fully saturated rings. The second kappa shape index (κ2) is 5.22. The van der Waals surface area contributed by atoms with E-state index in [-0.39, 0.29) is 10.4 Å². The van der Waals surface area contributed by atoms with Gasteiger partial charge in [0.1, 0.15) is 11.0 Å². The highest BCUT2D eigenvalue weighted by atomic mass is 35.5. The lowest BCUT2D eigenvalue weighted by Gasteiger charge is -2.09. The zero-order valence-electron chi connectivity index (χ0n) is 9.17. The maximum Gasteiger partial charge on any atom is 0.416 e. The predicted molar refractivity (Wildman–Crippen MR) is 66.8 cm³/mol. The first-order chi connectivity index (χ1) is 8.84. The van der Waals surface area contributed by atoms with E-state index in [1.54, 1.807) is 0 Å². The second-order valence-corrected chi connectivity index (χ2v) is 4.27. The minimum Gasteiger partial charge on any atom is -0.340 e. The predicted octanol–water partition coefficient (Wildman–Crippen LogP) is 4.55. The third-order valence-corrected chi connectivity index (χ3v) is 2.51. The molecule has 0 saturated heterocycles. The largest absolute Gasteiger partial charge is 0.416 e. The Morgan fingerprint density at radius 1 is 1.00 bits per heavy atom. The zero-order chi connectivity index (χ0) is 14.0. The van der Waals surface area contributed by atoms with Crippen LogP contribution < -0.4 is 5.32 Å². The molecule has 19 heavy (non-hydrogen) atoms. The molecule has 0 saturated carbocycles. The van der Waals surface area contributed by atoms with Crippen LogP contribution in [-0.4, -0.2) is 9.97 Å². The third kappa shape index (κ3) is 3.71. The Kier molecular flexibility index (Phi) is 3.82. The smallest absolute Gasteiger partial charge is 0.340 e. The number of alkyl halides is 3. The van der Waals surface area contributed by atoms with Gasteiger partial charge in [-0.1, -0.05) is 11.6 Å². The van der Waals surface area contributed by atoms with Crippen molar-refractivity contribution in [2.45, 2.75) is 6.18 Å².